The van der Waals surface area contributed by atoms with Crippen molar-refractivity contribution < 1.29 is 44.3 Å². The van der Waals surface area contributed by atoms with E-state index in [1.807, 2.05) is 0 Å². The second-order valence-electron chi connectivity index (χ2n) is 8.87. The average Bonchev–Trinajstić information content (AvgIpc) is 3.56. The van der Waals surface area contributed by atoms with Gasteiger partial charge in [0.1, 0.15) is 11.2 Å². The van der Waals surface area contributed by atoms with Gasteiger partial charge in [-0.2, -0.15) is 17.6 Å². The molecule has 1 N–H and O–H groups in total. The van der Waals surface area contributed by atoms with E-state index in [1.165, 1.54) is 25.1 Å². The van der Waals surface area contributed by atoms with Crippen LogP contribution in [0.4, 0.5) is 32.0 Å². The lowest BCUT2D eigenvalue weighted by atomic mass is 10.0. The van der Waals surface area contributed by atoms with Crippen LogP contribution >= 0.6 is 0 Å². The molecule has 0 saturated heterocycles. The second kappa shape index (κ2) is 9.26. The van der Waals surface area contributed by atoms with Crippen molar-refractivity contribution in [1.82, 2.24) is 10.2 Å². The first-order chi connectivity index (χ1) is 17.5. The van der Waals surface area contributed by atoms with Gasteiger partial charge in [0.15, 0.2) is 27.1 Å². The predicted molar refractivity (Wildman–Crippen MR) is 122 cm³/mol. The highest BCUT2D eigenvalue weighted by atomic mass is 32.2. The van der Waals surface area contributed by atoms with Gasteiger partial charge in [-0.3, -0.25) is 4.79 Å². The molecular weight excluding hydrogens is 540 g/mol. The molecule has 1 amide bonds. The van der Waals surface area contributed by atoms with Gasteiger partial charge in [-0.05, 0) is 62.1 Å². The third-order valence-corrected chi connectivity index (χ3v) is 7.03. The van der Waals surface area contributed by atoms with Crippen molar-refractivity contribution in [3.8, 4) is 11.6 Å². The summed E-state index contributed by atoms with van der Waals surface area (Å²) in [4.78, 5) is 12.9. The number of aryl methyl sites for hydroxylation is 1. The first kappa shape index (κ1) is 27.4. The lowest BCUT2D eigenvalue weighted by Gasteiger charge is -2.18. The number of anilines is 1. The normalized spacial score (nSPS) is 14.8. The summed E-state index contributed by atoms with van der Waals surface area (Å²) in [5.74, 6) is -6.08. The molecule has 1 aromatic heterocycles. The van der Waals surface area contributed by atoms with Crippen molar-refractivity contribution in [3.63, 3.8) is 0 Å². The number of halogens is 6. The summed E-state index contributed by atoms with van der Waals surface area (Å²) >= 11 is 0. The molecule has 202 valence electrons. The number of carbonyl (C=O) groups is 1. The van der Waals surface area contributed by atoms with Crippen LogP contribution in [0.1, 0.15) is 45.6 Å². The smallest absolute Gasteiger partial charge is 0.433 e. The first-order valence-electron chi connectivity index (χ1n) is 10.9. The Morgan fingerprint density at radius 3 is 2.32 bits per heavy atom. The molecule has 0 radical (unpaired) electrons. The summed E-state index contributed by atoms with van der Waals surface area (Å²) in [6, 6.07) is 5.91. The van der Waals surface area contributed by atoms with Gasteiger partial charge >= 0.3 is 6.18 Å². The van der Waals surface area contributed by atoms with Crippen LogP contribution in [0.3, 0.4) is 0 Å². The fourth-order valence-electron chi connectivity index (χ4n) is 3.77. The topological polar surface area (TPSA) is 98.2 Å². The fourth-order valence-corrected chi connectivity index (χ4v) is 4.44. The van der Waals surface area contributed by atoms with Gasteiger partial charge in [0.25, 0.3) is 11.8 Å². The highest BCUT2D eigenvalue weighted by molar-refractivity contribution is 7.90. The maximum Gasteiger partial charge on any atom is 0.435 e. The molecule has 0 aliphatic heterocycles. The van der Waals surface area contributed by atoms with Crippen LogP contribution in [0.15, 0.2) is 35.2 Å². The molecule has 0 unspecified atom stereocenters. The predicted octanol–water partition coefficient (Wildman–Crippen LogP) is 5.80. The highest BCUT2D eigenvalue weighted by Crippen LogP contribution is 2.52. The second-order valence-corrected chi connectivity index (χ2v) is 10.9. The molecule has 0 atom stereocenters. The van der Waals surface area contributed by atoms with Gasteiger partial charge in [-0.1, -0.05) is 6.07 Å². The molecule has 2 aromatic carbocycles. The molecule has 0 bridgehead atoms. The maximum atomic E-state index is 14.9. The number of ether oxygens (including phenoxy) is 1. The van der Waals surface area contributed by atoms with Crippen molar-refractivity contribution >= 4 is 21.4 Å². The number of rotatable bonds is 6. The molecule has 7 nitrogen and oxygen atoms in total. The molecule has 1 fully saturated rings. The van der Waals surface area contributed by atoms with Gasteiger partial charge < -0.3 is 10.1 Å². The Hall–Kier alpha value is -3.68. The number of sulfone groups is 1. The van der Waals surface area contributed by atoms with E-state index in [1.54, 1.807) is 0 Å². The molecule has 3 aromatic rings. The van der Waals surface area contributed by atoms with E-state index in [0.29, 0.717) is 0 Å². The van der Waals surface area contributed by atoms with E-state index in [9.17, 15) is 39.6 Å². The number of carbonyl (C=O) groups excluding carboxylic acids is 1. The van der Waals surface area contributed by atoms with E-state index in [2.05, 4.69) is 15.5 Å². The summed E-state index contributed by atoms with van der Waals surface area (Å²) in [7, 11) is -3.68. The van der Waals surface area contributed by atoms with Crippen molar-refractivity contribution in [2.24, 2.45) is 0 Å². The van der Waals surface area contributed by atoms with E-state index in [-0.39, 0.29) is 29.0 Å². The van der Waals surface area contributed by atoms with Gasteiger partial charge in [0.05, 0.1) is 4.90 Å². The monoisotopic (exact) mass is 559 g/mol. The molecule has 1 heterocycles. The van der Waals surface area contributed by atoms with Crippen molar-refractivity contribution in [1.29, 1.82) is 0 Å². The van der Waals surface area contributed by atoms with E-state index >= 15 is 0 Å². The average molecular weight is 559 g/mol. The number of amides is 1. The van der Waals surface area contributed by atoms with Crippen LogP contribution in [-0.2, 0) is 21.7 Å². The van der Waals surface area contributed by atoms with Gasteiger partial charge in [0, 0.05) is 17.5 Å². The van der Waals surface area contributed by atoms with Gasteiger partial charge in [-0.25, -0.2) is 17.2 Å². The Bertz CT molecular complexity index is 1570. The minimum atomic E-state index is -5.03. The zero-order chi connectivity index (χ0) is 28.2. The maximum absolute atomic E-state index is 14.9. The number of benzene rings is 2. The zero-order valence-corrected chi connectivity index (χ0v) is 20.8. The number of hydrogen-bond acceptors (Lipinski definition) is 6. The lowest BCUT2D eigenvalue weighted by molar-refractivity contribution is -0.142. The Labute approximate surface area is 212 Å². The fraction of sp³-hybridized carbons (Fsp3) is 0.292. The molecule has 0 spiro atoms. The molecule has 14 heteroatoms. The van der Waals surface area contributed by atoms with Crippen molar-refractivity contribution in [2.45, 2.75) is 43.4 Å². The summed E-state index contributed by atoms with van der Waals surface area (Å²) < 4.78 is 113. The molecular formula is C24H19F6N3O4S. The number of nitrogens with zero attached hydrogens (tertiary/aromatic N) is 2. The van der Waals surface area contributed by atoms with E-state index in [4.69, 9.17) is 4.74 Å². The van der Waals surface area contributed by atoms with Gasteiger partial charge in [-0.15, -0.1) is 10.2 Å². The van der Waals surface area contributed by atoms with Crippen molar-refractivity contribution in [2.75, 3.05) is 11.6 Å². The summed E-state index contributed by atoms with van der Waals surface area (Å²) in [5, 5.41) is 8.62. The molecule has 4 rings (SSSR count). The minimum Gasteiger partial charge on any atom is -0.433 e. The van der Waals surface area contributed by atoms with Crippen LogP contribution in [-0.4, -0.2) is 30.8 Å². The number of nitrogens with one attached hydrogen (secondary N) is 1. The van der Waals surface area contributed by atoms with E-state index in [0.717, 1.165) is 25.3 Å². The third kappa shape index (κ3) is 5.17. The van der Waals surface area contributed by atoms with Crippen molar-refractivity contribution in [3.05, 3.63) is 69.9 Å². The van der Waals surface area contributed by atoms with Crippen LogP contribution in [0, 0.1) is 25.5 Å². The molecule has 1 saturated carbocycles. The van der Waals surface area contributed by atoms with Gasteiger partial charge in [0.2, 0.25) is 5.82 Å². The summed E-state index contributed by atoms with van der Waals surface area (Å²) in [5.41, 5.74) is -5.83. The SMILES string of the molecule is Cc1cc(C2(F)CC2)c(F)c(F)c1Oc1nnc(C(F)(F)F)c(C)c1C(=O)Nc1cccc(S(C)(=O)=O)c1. The Morgan fingerprint density at radius 2 is 1.74 bits per heavy atom. The number of alkyl halides is 4. The van der Waals surface area contributed by atoms with Crippen LogP contribution in [0.25, 0.3) is 0 Å². The largest absolute Gasteiger partial charge is 0.435 e. The highest BCUT2D eigenvalue weighted by Gasteiger charge is 2.48. The Balaban J connectivity index is 1.80. The summed E-state index contributed by atoms with van der Waals surface area (Å²) in [6.45, 7) is 2.16. The standard InChI is InChI=1S/C24H19F6N3O4S/c1-11-9-15(23(27)7-8-23)17(25)18(26)19(11)37-22-16(12(2)20(32-33-22)24(28,29)30)21(34)31-13-5-4-6-14(10-13)38(3,35)36/h4-6,9-10H,7-8H2,1-3H3,(H,31,34). The van der Waals surface area contributed by atoms with Crippen LogP contribution in [0.2, 0.25) is 0 Å². The van der Waals surface area contributed by atoms with E-state index < -0.39 is 73.2 Å². The Kier molecular flexibility index (Phi) is 6.66. The third-order valence-electron chi connectivity index (χ3n) is 5.92. The van der Waals surface area contributed by atoms with Crippen LogP contribution in [0.5, 0.6) is 11.6 Å². The Morgan fingerprint density at radius 1 is 1.08 bits per heavy atom. The minimum absolute atomic E-state index is 0.00255. The van der Waals surface area contributed by atoms with Crippen LogP contribution < -0.4 is 10.1 Å². The number of hydrogen-bond donors (Lipinski definition) is 1. The molecule has 1 aliphatic rings. The number of aromatic nitrogens is 2. The first-order valence-corrected chi connectivity index (χ1v) is 12.8. The zero-order valence-electron chi connectivity index (χ0n) is 20.0. The molecule has 38 heavy (non-hydrogen) atoms. The molecule has 1 aliphatic carbocycles. The summed E-state index contributed by atoms with van der Waals surface area (Å²) in [6.07, 6.45) is -4.12. The lowest BCUT2D eigenvalue weighted by Crippen LogP contribution is -2.21. The quantitative estimate of drug-likeness (QED) is 0.384.